The van der Waals surface area contributed by atoms with Gasteiger partial charge in [0, 0.05) is 24.2 Å². The van der Waals surface area contributed by atoms with E-state index < -0.39 is 0 Å². The summed E-state index contributed by atoms with van der Waals surface area (Å²) in [6.07, 6.45) is 3.70. The van der Waals surface area contributed by atoms with Crippen LogP contribution in [0.3, 0.4) is 0 Å². The van der Waals surface area contributed by atoms with E-state index in [2.05, 4.69) is 28.8 Å². The van der Waals surface area contributed by atoms with E-state index in [1.807, 2.05) is 56.3 Å². The molecule has 0 saturated carbocycles. The summed E-state index contributed by atoms with van der Waals surface area (Å²) in [6.45, 7) is 8.68. The number of nitrogens with one attached hydrogen (secondary N) is 1. The maximum Gasteiger partial charge on any atom is 0.227 e. The number of aromatic nitrogens is 2. The minimum Gasteiger partial charge on any atom is -0.324 e. The van der Waals surface area contributed by atoms with Gasteiger partial charge in [0.1, 0.15) is 0 Å². The lowest BCUT2D eigenvalue weighted by Gasteiger charge is -2.16. The summed E-state index contributed by atoms with van der Waals surface area (Å²) in [5.41, 5.74) is 6.91. The maximum absolute atomic E-state index is 11.9. The molecular formula is C26H28Cl2N4O. The third-order valence-corrected chi connectivity index (χ3v) is 5.97. The van der Waals surface area contributed by atoms with Gasteiger partial charge >= 0.3 is 0 Å². The van der Waals surface area contributed by atoms with E-state index in [9.17, 15) is 4.79 Å². The van der Waals surface area contributed by atoms with Gasteiger partial charge in [-0.25, -0.2) is 9.97 Å². The van der Waals surface area contributed by atoms with Crippen LogP contribution >= 0.6 is 23.2 Å². The molecular weight excluding hydrogens is 455 g/mol. The normalized spacial score (nSPS) is 11.0. The summed E-state index contributed by atoms with van der Waals surface area (Å²) < 4.78 is 0. The fourth-order valence-electron chi connectivity index (χ4n) is 3.69. The Hall–Kier alpha value is -2.73. The third kappa shape index (κ3) is 5.99. The average molecular weight is 483 g/mol. The van der Waals surface area contributed by atoms with E-state index in [1.165, 1.54) is 0 Å². The first-order valence-corrected chi connectivity index (χ1v) is 11.5. The molecule has 0 aliphatic carbocycles. The minimum absolute atomic E-state index is 0.417. The first-order valence-electron chi connectivity index (χ1n) is 10.7. The van der Waals surface area contributed by atoms with Crippen molar-refractivity contribution in [2.24, 2.45) is 0 Å². The first-order chi connectivity index (χ1) is 15.7. The van der Waals surface area contributed by atoms with Gasteiger partial charge in [-0.05, 0) is 67.4 Å². The summed E-state index contributed by atoms with van der Waals surface area (Å²) >= 11 is 12.9. The van der Waals surface area contributed by atoms with Crippen molar-refractivity contribution in [3.8, 4) is 0 Å². The molecule has 3 aromatic rings. The summed E-state index contributed by atoms with van der Waals surface area (Å²) in [6, 6.07) is 9.76. The number of carbonyl (C=O) groups excluding carboxylic acids is 1. The number of hydrogen-bond acceptors (Lipinski definition) is 5. The number of hydrogen-bond donors (Lipinski definition) is 1. The number of halogens is 2. The Morgan fingerprint density at radius 2 is 1.88 bits per heavy atom. The SMILES string of the molecule is C=C(C)c1cc(CC)c(Nc2ncc(Cl)c(Cc3cccc(CN(C)C)c3C=O)n2)cc1Cl. The number of anilines is 2. The first kappa shape index (κ1) is 24.9. The Balaban J connectivity index is 1.94. The van der Waals surface area contributed by atoms with E-state index in [0.29, 0.717) is 40.2 Å². The molecule has 0 unspecified atom stereocenters. The predicted molar refractivity (Wildman–Crippen MR) is 138 cm³/mol. The third-order valence-electron chi connectivity index (χ3n) is 5.35. The van der Waals surface area contributed by atoms with Crippen molar-refractivity contribution in [1.29, 1.82) is 0 Å². The highest BCUT2D eigenvalue weighted by molar-refractivity contribution is 6.32. The Bertz CT molecular complexity index is 1190. The van der Waals surface area contributed by atoms with Crippen LogP contribution in [-0.4, -0.2) is 35.2 Å². The maximum atomic E-state index is 11.9. The Kier molecular flexibility index (Phi) is 8.25. The lowest BCUT2D eigenvalue weighted by molar-refractivity contribution is 0.112. The van der Waals surface area contributed by atoms with E-state index in [1.54, 1.807) is 6.20 Å². The van der Waals surface area contributed by atoms with Crippen LogP contribution in [0.15, 0.2) is 43.1 Å². The smallest absolute Gasteiger partial charge is 0.227 e. The van der Waals surface area contributed by atoms with Gasteiger partial charge in [-0.2, -0.15) is 0 Å². The monoisotopic (exact) mass is 482 g/mol. The molecule has 0 saturated heterocycles. The van der Waals surface area contributed by atoms with E-state index in [4.69, 9.17) is 23.2 Å². The second kappa shape index (κ2) is 10.9. The summed E-state index contributed by atoms with van der Waals surface area (Å²) in [5, 5.41) is 4.34. The highest BCUT2D eigenvalue weighted by Crippen LogP contribution is 2.31. The summed E-state index contributed by atoms with van der Waals surface area (Å²) in [4.78, 5) is 22.9. The lowest BCUT2D eigenvalue weighted by Crippen LogP contribution is -2.13. The Labute approximate surface area is 205 Å². The number of aryl methyl sites for hydroxylation is 1. The van der Waals surface area contributed by atoms with Crippen LogP contribution in [0.1, 0.15) is 52.2 Å². The highest BCUT2D eigenvalue weighted by atomic mass is 35.5. The summed E-state index contributed by atoms with van der Waals surface area (Å²) in [7, 11) is 3.94. The summed E-state index contributed by atoms with van der Waals surface area (Å²) in [5.74, 6) is 0.417. The molecule has 0 aliphatic rings. The lowest BCUT2D eigenvalue weighted by atomic mass is 9.98. The predicted octanol–water partition coefficient (Wildman–Crippen LogP) is 6.59. The zero-order valence-electron chi connectivity index (χ0n) is 19.4. The second-order valence-electron chi connectivity index (χ2n) is 8.26. The van der Waals surface area contributed by atoms with Crippen LogP contribution in [0.4, 0.5) is 11.6 Å². The molecule has 3 rings (SSSR count). The van der Waals surface area contributed by atoms with Crippen molar-refractivity contribution in [2.45, 2.75) is 33.2 Å². The molecule has 7 heteroatoms. The molecule has 1 heterocycles. The number of benzene rings is 2. The number of allylic oxidation sites excluding steroid dienone is 1. The Morgan fingerprint density at radius 3 is 2.52 bits per heavy atom. The molecule has 5 nitrogen and oxygen atoms in total. The van der Waals surface area contributed by atoms with Crippen LogP contribution in [0.25, 0.3) is 5.57 Å². The van der Waals surface area contributed by atoms with Crippen LogP contribution in [-0.2, 0) is 19.4 Å². The molecule has 0 spiro atoms. The zero-order valence-corrected chi connectivity index (χ0v) is 20.9. The van der Waals surface area contributed by atoms with Crippen LogP contribution in [0.5, 0.6) is 0 Å². The van der Waals surface area contributed by atoms with Gasteiger partial charge in [-0.15, -0.1) is 0 Å². The Morgan fingerprint density at radius 1 is 1.15 bits per heavy atom. The fourth-order valence-corrected chi connectivity index (χ4v) is 4.17. The highest BCUT2D eigenvalue weighted by Gasteiger charge is 2.14. The van der Waals surface area contributed by atoms with Crippen molar-refractivity contribution in [3.63, 3.8) is 0 Å². The molecule has 172 valence electrons. The van der Waals surface area contributed by atoms with Crippen LogP contribution in [0, 0.1) is 0 Å². The van der Waals surface area contributed by atoms with Crippen molar-refractivity contribution < 1.29 is 4.79 Å². The van der Waals surface area contributed by atoms with Crippen LogP contribution in [0.2, 0.25) is 10.0 Å². The topological polar surface area (TPSA) is 58.1 Å². The fraction of sp³-hybridized carbons (Fsp3) is 0.269. The molecule has 1 N–H and O–H groups in total. The van der Waals surface area contributed by atoms with Crippen molar-refractivity contribution in [1.82, 2.24) is 14.9 Å². The van der Waals surface area contributed by atoms with Crippen molar-refractivity contribution in [3.05, 3.63) is 86.7 Å². The van der Waals surface area contributed by atoms with Gasteiger partial charge in [-0.1, -0.05) is 54.9 Å². The molecule has 0 bridgehead atoms. The molecule has 1 aromatic heterocycles. The number of aldehydes is 1. The largest absolute Gasteiger partial charge is 0.324 e. The number of nitrogens with zero attached hydrogens (tertiary/aromatic N) is 3. The standard InChI is InChI=1S/C26H28Cl2N4O/c1-6-17-10-20(16(2)3)22(27)12-24(17)30-26-29-13-23(28)25(31-26)11-18-8-7-9-19(14-32(4)5)21(18)15-33/h7-10,12-13,15H,2,6,11,14H2,1,3-5H3,(H,29,30,31). The van der Waals surface area contributed by atoms with Gasteiger partial charge < -0.3 is 10.2 Å². The molecule has 0 atom stereocenters. The van der Waals surface area contributed by atoms with E-state index >= 15 is 0 Å². The molecule has 0 aliphatic heterocycles. The number of rotatable bonds is 9. The quantitative estimate of drug-likeness (QED) is 0.348. The minimum atomic E-state index is 0.417. The number of carbonyl (C=O) groups is 1. The second-order valence-corrected chi connectivity index (χ2v) is 9.07. The van der Waals surface area contributed by atoms with Gasteiger partial charge in [0.25, 0.3) is 0 Å². The molecule has 0 radical (unpaired) electrons. The van der Waals surface area contributed by atoms with Crippen LogP contribution < -0.4 is 5.32 Å². The molecule has 2 aromatic carbocycles. The zero-order chi connectivity index (χ0) is 24.1. The van der Waals surface area contributed by atoms with Crippen molar-refractivity contribution >= 4 is 46.7 Å². The van der Waals surface area contributed by atoms with Crippen molar-refractivity contribution in [2.75, 3.05) is 19.4 Å². The van der Waals surface area contributed by atoms with Gasteiger partial charge in [-0.3, -0.25) is 4.79 Å². The van der Waals surface area contributed by atoms with Gasteiger partial charge in [0.15, 0.2) is 6.29 Å². The van der Waals surface area contributed by atoms with Gasteiger partial charge in [0.2, 0.25) is 5.95 Å². The molecule has 0 amide bonds. The van der Waals surface area contributed by atoms with E-state index in [-0.39, 0.29) is 0 Å². The average Bonchev–Trinajstić information content (AvgIpc) is 2.76. The molecule has 0 fully saturated rings. The van der Waals surface area contributed by atoms with Gasteiger partial charge in [0.05, 0.1) is 21.9 Å². The molecule has 33 heavy (non-hydrogen) atoms. The van der Waals surface area contributed by atoms with E-state index in [0.717, 1.165) is 46.2 Å².